The summed E-state index contributed by atoms with van der Waals surface area (Å²) in [6, 6.07) is 3.47. The molecule has 0 spiro atoms. The van der Waals surface area contributed by atoms with E-state index in [0.29, 0.717) is 6.42 Å². The van der Waals surface area contributed by atoms with Crippen molar-refractivity contribution in [2.45, 2.75) is 17.4 Å². The maximum absolute atomic E-state index is 12.4. The van der Waals surface area contributed by atoms with Gasteiger partial charge in [-0.15, -0.1) is 0 Å². The molecule has 5 nitrogen and oxygen atoms in total. The average Bonchev–Trinajstić information content (AvgIpc) is 2.67. The smallest absolute Gasteiger partial charge is 0.229 e. The van der Waals surface area contributed by atoms with Crippen LogP contribution in [0.5, 0.6) is 0 Å². The minimum Gasteiger partial charge on any atom is -0.229 e. The Hall–Kier alpha value is -0.340. The average molecular weight is 358 g/mol. The molecule has 0 N–H and O–H groups in total. The largest absolute Gasteiger partial charge is 0.243 e. The lowest BCUT2D eigenvalue weighted by Crippen LogP contribution is -2.37. The lowest BCUT2D eigenvalue weighted by atomic mass is 10.3. The minimum atomic E-state index is -3.82. The van der Waals surface area contributed by atoms with Crippen LogP contribution in [0.25, 0.3) is 0 Å². The van der Waals surface area contributed by atoms with Crippen LogP contribution in [0.1, 0.15) is 6.42 Å². The monoisotopic (exact) mass is 357 g/mol. The molecule has 1 atom stereocenters. The van der Waals surface area contributed by atoms with Gasteiger partial charge in [0.1, 0.15) is 0 Å². The van der Waals surface area contributed by atoms with Gasteiger partial charge >= 0.3 is 0 Å². The maximum atomic E-state index is 12.4. The van der Waals surface area contributed by atoms with Crippen molar-refractivity contribution in [2.75, 3.05) is 18.6 Å². The molecule has 2 rings (SSSR count). The molecule has 112 valence electrons. The first kappa shape index (κ1) is 16.0. The molecule has 0 amide bonds. The molecule has 0 aliphatic carbocycles. The number of sulfonamides is 1. The molecule has 0 saturated carbocycles. The van der Waals surface area contributed by atoms with E-state index in [-0.39, 0.29) is 26.4 Å². The molecule has 9 heteroatoms. The highest BCUT2D eigenvalue weighted by Crippen LogP contribution is 2.27. The molecule has 20 heavy (non-hydrogen) atoms. The summed E-state index contributed by atoms with van der Waals surface area (Å²) in [5.74, 6) is -0.148. The van der Waals surface area contributed by atoms with Crippen LogP contribution < -0.4 is 0 Å². The molecular weight excluding hydrogens is 345 g/mol. The molecule has 0 aromatic heterocycles. The first-order valence-electron chi connectivity index (χ1n) is 5.76. The Bertz CT molecular complexity index is 711. The summed E-state index contributed by atoms with van der Waals surface area (Å²) >= 11 is 11.6. The third-order valence-corrected chi connectivity index (χ3v) is 7.31. The van der Waals surface area contributed by atoms with Crippen LogP contribution in [-0.4, -0.2) is 45.7 Å². The Morgan fingerprint density at radius 2 is 1.75 bits per heavy atom. The SMILES string of the molecule is CN(C1CCS(=O)(=O)C1)S(=O)(=O)c1cc(Cl)cc(Cl)c1. The Morgan fingerprint density at radius 1 is 1.20 bits per heavy atom. The van der Waals surface area contributed by atoms with Crippen LogP contribution in [-0.2, 0) is 19.9 Å². The van der Waals surface area contributed by atoms with Crippen LogP contribution in [0.2, 0.25) is 10.0 Å². The van der Waals surface area contributed by atoms with Gasteiger partial charge in [-0.05, 0) is 24.6 Å². The predicted octanol–water partition coefficient (Wildman–Crippen LogP) is 1.80. The van der Waals surface area contributed by atoms with Gasteiger partial charge in [-0.25, -0.2) is 16.8 Å². The van der Waals surface area contributed by atoms with Crippen LogP contribution in [0.4, 0.5) is 0 Å². The normalized spacial score (nSPS) is 22.3. The van der Waals surface area contributed by atoms with Crippen molar-refractivity contribution in [3.05, 3.63) is 28.2 Å². The van der Waals surface area contributed by atoms with Gasteiger partial charge in [0.2, 0.25) is 10.0 Å². The molecule has 1 unspecified atom stereocenters. The van der Waals surface area contributed by atoms with Crippen molar-refractivity contribution in [3.8, 4) is 0 Å². The van der Waals surface area contributed by atoms with Crippen LogP contribution in [0, 0.1) is 0 Å². The summed E-state index contributed by atoms with van der Waals surface area (Å²) in [5.41, 5.74) is 0. The second kappa shape index (κ2) is 5.46. The Morgan fingerprint density at radius 3 is 2.20 bits per heavy atom. The van der Waals surface area contributed by atoms with Gasteiger partial charge in [-0.3, -0.25) is 0 Å². The molecule has 1 fully saturated rings. The minimum absolute atomic E-state index is 0.00777. The number of rotatable bonds is 3. The number of hydrogen-bond acceptors (Lipinski definition) is 4. The molecular formula is C11H13Cl2NO4S2. The Balaban J connectivity index is 2.35. The van der Waals surface area contributed by atoms with Gasteiger partial charge in [-0.2, -0.15) is 4.31 Å². The highest BCUT2D eigenvalue weighted by atomic mass is 35.5. The third-order valence-electron chi connectivity index (χ3n) is 3.24. The number of benzene rings is 1. The summed E-state index contributed by atoms with van der Waals surface area (Å²) in [5, 5.41) is 0.423. The van der Waals surface area contributed by atoms with E-state index in [1.54, 1.807) is 0 Å². The number of halogens is 2. The lowest BCUT2D eigenvalue weighted by Gasteiger charge is -2.23. The fourth-order valence-electron chi connectivity index (χ4n) is 2.10. The summed E-state index contributed by atoms with van der Waals surface area (Å²) in [6.45, 7) is 0. The van der Waals surface area contributed by atoms with Gasteiger partial charge in [0.05, 0.1) is 16.4 Å². The molecule has 0 radical (unpaired) electrons. The van der Waals surface area contributed by atoms with E-state index in [9.17, 15) is 16.8 Å². The maximum Gasteiger partial charge on any atom is 0.243 e. The third kappa shape index (κ3) is 3.28. The van der Waals surface area contributed by atoms with Crippen molar-refractivity contribution in [2.24, 2.45) is 0 Å². The van der Waals surface area contributed by atoms with Crippen molar-refractivity contribution in [3.63, 3.8) is 0 Å². The van der Waals surface area contributed by atoms with Gasteiger partial charge in [-0.1, -0.05) is 23.2 Å². The molecule has 1 aromatic carbocycles. The van der Waals surface area contributed by atoms with E-state index in [1.165, 1.54) is 25.2 Å². The van der Waals surface area contributed by atoms with E-state index in [1.807, 2.05) is 0 Å². The van der Waals surface area contributed by atoms with Crippen molar-refractivity contribution in [1.82, 2.24) is 4.31 Å². The van der Waals surface area contributed by atoms with Gasteiger partial charge < -0.3 is 0 Å². The number of hydrogen-bond donors (Lipinski definition) is 0. The van der Waals surface area contributed by atoms with E-state index >= 15 is 0 Å². The summed E-state index contributed by atoms with van der Waals surface area (Å²) in [7, 11) is -5.60. The van der Waals surface area contributed by atoms with E-state index in [2.05, 4.69) is 0 Å². The molecule has 0 bridgehead atoms. The van der Waals surface area contributed by atoms with E-state index < -0.39 is 25.9 Å². The van der Waals surface area contributed by atoms with Crippen LogP contribution in [0.3, 0.4) is 0 Å². The van der Waals surface area contributed by atoms with Gasteiger partial charge in [0.15, 0.2) is 9.84 Å². The zero-order chi connectivity index (χ0) is 15.1. The van der Waals surface area contributed by atoms with E-state index in [4.69, 9.17) is 23.2 Å². The topological polar surface area (TPSA) is 71.5 Å². The molecule has 1 aromatic rings. The van der Waals surface area contributed by atoms with Crippen LogP contribution in [0.15, 0.2) is 23.1 Å². The standard InChI is InChI=1S/C11H13Cl2NO4S2/c1-14(10-2-3-19(15,16)7-10)20(17,18)11-5-8(12)4-9(13)6-11/h4-6,10H,2-3,7H2,1H3. The summed E-state index contributed by atoms with van der Waals surface area (Å²) in [4.78, 5) is -0.0400. The molecule has 1 saturated heterocycles. The fourth-order valence-corrected chi connectivity index (χ4v) is 6.08. The van der Waals surface area contributed by atoms with Crippen molar-refractivity contribution < 1.29 is 16.8 Å². The zero-order valence-corrected chi connectivity index (χ0v) is 13.7. The Labute approximate surface area is 128 Å². The molecule has 1 aliphatic heterocycles. The lowest BCUT2D eigenvalue weighted by molar-refractivity contribution is 0.394. The molecule has 1 aliphatic rings. The fraction of sp³-hybridized carbons (Fsp3) is 0.455. The predicted molar refractivity (Wildman–Crippen MR) is 78.5 cm³/mol. The van der Waals surface area contributed by atoms with Crippen molar-refractivity contribution >= 4 is 43.1 Å². The van der Waals surface area contributed by atoms with Gasteiger partial charge in [0.25, 0.3) is 0 Å². The highest BCUT2D eigenvalue weighted by Gasteiger charge is 2.36. The second-order valence-corrected chi connectivity index (χ2v) is 9.78. The summed E-state index contributed by atoms with van der Waals surface area (Å²) in [6.07, 6.45) is 0.298. The van der Waals surface area contributed by atoms with Crippen LogP contribution >= 0.6 is 23.2 Å². The molecule has 1 heterocycles. The van der Waals surface area contributed by atoms with Gasteiger partial charge in [0, 0.05) is 23.1 Å². The van der Waals surface area contributed by atoms with Crippen molar-refractivity contribution in [1.29, 1.82) is 0 Å². The zero-order valence-electron chi connectivity index (χ0n) is 10.6. The summed E-state index contributed by atoms with van der Waals surface area (Å²) < 4.78 is 48.9. The number of nitrogens with zero attached hydrogens (tertiary/aromatic N) is 1. The first-order valence-corrected chi connectivity index (χ1v) is 9.78. The first-order chi connectivity index (χ1) is 9.12. The Kier molecular flexibility index (Phi) is 4.37. The number of sulfone groups is 1. The second-order valence-electron chi connectivity index (χ2n) is 4.68. The highest BCUT2D eigenvalue weighted by molar-refractivity contribution is 7.92. The quantitative estimate of drug-likeness (QED) is 0.826. The van der Waals surface area contributed by atoms with E-state index in [0.717, 1.165) is 4.31 Å².